The summed E-state index contributed by atoms with van der Waals surface area (Å²) in [5.74, 6) is -7.69. The molecule has 9 atom stereocenters. The standard InChI is InChI=1S/C35H38Cl6O14/c1-16-19(43)13-32(48)24(52-25(44)18-10-8-7-9-11-18)23-30(5)20(51-27(46)49-14-33(36,37)38)12-21(31(23,6)53-17(2)42)54-35(26(30)45,22(16)29(32,3)4)55-28(47)50-15-34(39,40)41/h7-11,19-21,23-24,43,48H,12-15H2,1-6H3/t19-,20-,21?,23-,24-,30+,31-,32+,35-/m0/s1. The van der Waals surface area contributed by atoms with Gasteiger partial charge in [0.1, 0.15) is 42.7 Å². The van der Waals surface area contributed by atoms with E-state index in [-0.39, 0.29) is 16.7 Å². The maximum atomic E-state index is 15.8. The van der Waals surface area contributed by atoms with Crippen LogP contribution in [0.15, 0.2) is 41.5 Å². The van der Waals surface area contributed by atoms with Crippen molar-refractivity contribution in [2.75, 3.05) is 13.2 Å². The highest BCUT2D eigenvalue weighted by Gasteiger charge is 2.82. The van der Waals surface area contributed by atoms with E-state index in [0.29, 0.717) is 0 Å². The summed E-state index contributed by atoms with van der Waals surface area (Å²) in [6.45, 7) is 6.43. The molecule has 1 unspecified atom stereocenters. The molecular formula is C35H38Cl6O14. The monoisotopic (exact) mass is 892 g/mol. The second-order valence-electron chi connectivity index (χ2n) is 14.9. The van der Waals surface area contributed by atoms with Gasteiger partial charge in [-0.25, -0.2) is 14.4 Å². The Balaban J connectivity index is 1.86. The fourth-order valence-electron chi connectivity index (χ4n) is 8.75. The number of ether oxygens (including phenoxy) is 7. The molecule has 6 bridgehead atoms. The number of fused-ring (bicyclic) bond motifs is 3. The normalized spacial score (nSPS) is 35.2. The molecule has 2 aliphatic heterocycles. The number of Topliss-reactive ketones (excluding diaryl/α,β-unsaturated/α-hetero) is 1. The van der Waals surface area contributed by atoms with Gasteiger partial charge in [0.15, 0.2) is 0 Å². The molecule has 14 nitrogen and oxygen atoms in total. The first-order chi connectivity index (χ1) is 25.1. The third-order valence-electron chi connectivity index (χ3n) is 11.1. The summed E-state index contributed by atoms with van der Waals surface area (Å²) in [6, 6.07) is 7.68. The maximum Gasteiger partial charge on any atom is 0.511 e. The van der Waals surface area contributed by atoms with E-state index in [9.17, 15) is 29.4 Å². The fourth-order valence-corrected chi connectivity index (χ4v) is 9.07. The number of aliphatic hydroxyl groups is 2. The topological polar surface area (TPSA) is 190 Å². The maximum absolute atomic E-state index is 15.8. The van der Waals surface area contributed by atoms with Crippen LogP contribution < -0.4 is 0 Å². The molecule has 0 radical (unpaired) electrons. The van der Waals surface area contributed by atoms with Crippen LogP contribution in [-0.2, 0) is 42.7 Å². The largest absolute Gasteiger partial charge is 0.511 e. The van der Waals surface area contributed by atoms with Crippen molar-refractivity contribution in [3.05, 3.63) is 47.0 Å². The van der Waals surface area contributed by atoms with Crippen LogP contribution in [0.5, 0.6) is 0 Å². The molecule has 0 amide bonds. The van der Waals surface area contributed by atoms with Gasteiger partial charge in [-0.05, 0) is 38.5 Å². The van der Waals surface area contributed by atoms with Crippen molar-refractivity contribution in [1.29, 1.82) is 0 Å². The molecule has 4 fully saturated rings. The van der Waals surface area contributed by atoms with Gasteiger partial charge in [0, 0.05) is 30.8 Å². The summed E-state index contributed by atoms with van der Waals surface area (Å²) in [4.78, 5) is 69.8. The second kappa shape index (κ2) is 14.8. The zero-order valence-corrected chi connectivity index (χ0v) is 34.7. The summed E-state index contributed by atoms with van der Waals surface area (Å²) in [6.07, 6.45) is -10.7. The average molecular weight is 895 g/mol. The van der Waals surface area contributed by atoms with Crippen molar-refractivity contribution in [3.8, 4) is 0 Å². The molecule has 2 saturated heterocycles. The molecular weight excluding hydrogens is 857 g/mol. The van der Waals surface area contributed by atoms with Crippen LogP contribution >= 0.6 is 69.6 Å². The molecule has 2 saturated carbocycles. The molecule has 1 aromatic carbocycles. The van der Waals surface area contributed by atoms with Crippen LogP contribution in [0.25, 0.3) is 0 Å². The number of ketones is 1. The first kappa shape index (κ1) is 43.8. The molecule has 0 aromatic heterocycles. The van der Waals surface area contributed by atoms with Gasteiger partial charge in [0.05, 0.1) is 23.0 Å². The van der Waals surface area contributed by atoms with Crippen LogP contribution in [0.1, 0.15) is 64.7 Å². The highest BCUT2D eigenvalue weighted by molar-refractivity contribution is 6.68. The van der Waals surface area contributed by atoms with Crippen molar-refractivity contribution in [2.45, 2.75) is 103 Å². The van der Waals surface area contributed by atoms with Crippen molar-refractivity contribution < 1.29 is 67.3 Å². The van der Waals surface area contributed by atoms with Crippen molar-refractivity contribution in [3.63, 3.8) is 0 Å². The van der Waals surface area contributed by atoms with Crippen LogP contribution in [0.4, 0.5) is 9.59 Å². The average Bonchev–Trinajstić information content (AvgIpc) is 3.17. The van der Waals surface area contributed by atoms with Gasteiger partial charge in [0.2, 0.25) is 13.4 Å². The Bertz CT molecular complexity index is 1780. The van der Waals surface area contributed by atoms with Gasteiger partial charge >= 0.3 is 30.0 Å². The summed E-state index contributed by atoms with van der Waals surface area (Å²) >= 11 is 34.8. The zero-order valence-electron chi connectivity index (χ0n) is 30.2. The van der Waals surface area contributed by atoms with E-state index in [4.69, 9.17) is 103 Å². The number of carbonyl (C=O) groups is 5. The highest BCUT2D eigenvalue weighted by atomic mass is 35.6. The molecule has 5 aliphatic rings. The molecule has 1 aromatic rings. The molecule has 304 valence electrons. The number of hydrogen-bond donors (Lipinski definition) is 2. The van der Waals surface area contributed by atoms with Crippen LogP contribution in [0.2, 0.25) is 0 Å². The lowest BCUT2D eigenvalue weighted by Crippen LogP contribution is -2.76. The minimum absolute atomic E-state index is 0.0161. The summed E-state index contributed by atoms with van der Waals surface area (Å²) in [5.41, 5.74) is -8.83. The van der Waals surface area contributed by atoms with Crippen molar-refractivity contribution in [2.24, 2.45) is 16.7 Å². The SMILES string of the molecule is CC(=O)O[C@@]1(C)C2C[C@H](OC(=O)OCC(Cl)(Cl)Cl)[C@@]3(C)C(=O)[C@](OC(=O)OCC(Cl)(Cl)Cl)(O2)C2=C(C)[C@@H](O)C[C@@](O)([C@@H](OC(=O)c4ccccc4)[C@@H]31)C2(C)C. The first-order valence-electron chi connectivity index (χ1n) is 16.8. The van der Waals surface area contributed by atoms with E-state index >= 15 is 4.79 Å². The molecule has 20 heteroatoms. The number of aliphatic hydroxyl groups excluding tert-OH is 1. The van der Waals surface area contributed by atoms with Gasteiger partial charge in [0.25, 0.3) is 0 Å². The van der Waals surface area contributed by atoms with Gasteiger partial charge in [-0.2, -0.15) is 0 Å². The van der Waals surface area contributed by atoms with E-state index in [1.54, 1.807) is 18.2 Å². The van der Waals surface area contributed by atoms with Gasteiger partial charge in [-0.15, -0.1) is 0 Å². The molecule has 0 spiro atoms. The minimum atomic E-state index is -2.95. The third-order valence-corrected chi connectivity index (χ3v) is 11.7. The zero-order chi connectivity index (χ0) is 41.3. The number of halogens is 6. The van der Waals surface area contributed by atoms with E-state index in [1.807, 2.05) is 0 Å². The number of rotatable bonds is 7. The van der Waals surface area contributed by atoms with Gasteiger partial charge < -0.3 is 43.4 Å². The number of esters is 2. The molecule has 55 heavy (non-hydrogen) atoms. The predicted octanol–water partition coefficient (Wildman–Crippen LogP) is 6.49. The summed E-state index contributed by atoms with van der Waals surface area (Å²) < 4.78 is 36.5. The van der Waals surface area contributed by atoms with Gasteiger partial charge in [-0.3, -0.25) is 9.59 Å². The highest BCUT2D eigenvalue weighted by Crippen LogP contribution is 2.68. The van der Waals surface area contributed by atoms with E-state index < -0.39 is 122 Å². The van der Waals surface area contributed by atoms with Crippen LogP contribution in [-0.4, -0.2) is 102 Å². The Morgan fingerprint density at radius 1 is 0.891 bits per heavy atom. The number of hydrogen-bond acceptors (Lipinski definition) is 14. The van der Waals surface area contributed by atoms with E-state index in [0.717, 1.165) is 6.92 Å². The van der Waals surface area contributed by atoms with Crippen molar-refractivity contribution >= 4 is 99.6 Å². The number of alkyl halides is 6. The Hall–Kier alpha value is -2.27. The Labute approximate surface area is 345 Å². The Kier molecular flexibility index (Phi) is 11.8. The van der Waals surface area contributed by atoms with E-state index in [2.05, 4.69) is 0 Å². The number of benzene rings is 1. The minimum Gasteiger partial charge on any atom is -0.456 e. The molecule has 3 aliphatic carbocycles. The lowest BCUT2D eigenvalue weighted by Gasteiger charge is -2.62. The Morgan fingerprint density at radius 2 is 1.45 bits per heavy atom. The first-order valence-corrected chi connectivity index (χ1v) is 19.0. The third kappa shape index (κ3) is 7.72. The lowest BCUT2D eigenvalue weighted by atomic mass is 9.46. The van der Waals surface area contributed by atoms with Crippen LogP contribution in [0.3, 0.4) is 0 Å². The van der Waals surface area contributed by atoms with E-state index in [1.165, 1.54) is 46.8 Å². The molecule has 6 rings (SSSR count). The summed E-state index contributed by atoms with van der Waals surface area (Å²) in [5, 5.41) is 24.9. The smallest absolute Gasteiger partial charge is 0.456 e. The van der Waals surface area contributed by atoms with Gasteiger partial charge in [-0.1, -0.05) is 102 Å². The molecule has 2 heterocycles. The second-order valence-corrected chi connectivity index (χ2v) is 19.9. The number of carbonyl (C=O) groups excluding carboxylic acids is 5. The fraction of sp³-hybridized carbons (Fsp3) is 0.629. The lowest BCUT2D eigenvalue weighted by molar-refractivity contribution is -0.266. The van der Waals surface area contributed by atoms with Crippen molar-refractivity contribution in [1.82, 2.24) is 0 Å². The predicted molar refractivity (Wildman–Crippen MR) is 196 cm³/mol. The Morgan fingerprint density at radius 3 is 2.00 bits per heavy atom. The quantitative estimate of drug-likeness (QED) is 0.131. The van der Waals surface area contributed by atoms with Crippen LogP contribution in [0, 0.1) is 16.7 Å². The molecule has 2 N–H and O–H groups in total. The summed E-state index contributed by atoms with van der Waals surface area (Å²) in [7, 11) is 0.